The van der Waals surface area contributed by atoms with E-state index in [0.29, 0.717) is 23.6 Å². The Balaban J connectivity index is 1.49. The van der Waals surface area contributed by atoms with Crippen LogP contribution in [0.5, 0.6) is 0 Å². The number of hydrogen-bond acceptors (Lipinski definition) is 2. The summed E-state index contributed by atoms with van der Waals surface area (Å²) < 4.78 is 13.8. The molecule has 1 atom stereocenters. The fraction of sp³-hybridized carbons (Fsp3) is 0.273. The average Bonchev–Trinajstić information content (AvgIpc) is 3.12. The zero-order valence-electron chi connectivity index (χ0n) is 14.8. The molecule has 1 unspecified atom stereocenters. The SMILES string of the molecule is Cc1ccc(CC2CCN(C(=O)c3cccc4cccnc34)C2)cc1F. The maximum absolute atomic E-state index is 13.8. The summed E-state index contributed by atoms with van der Waals surface area (Å²) in [5.74, 6) is 0.242. The third kappa shape index (κ3) is 3.19. The Morgan fingerprint density at radius 2 is 2.08 bits per heavy atom. The monoisotopic (exact) mass is 348 g/mol. The van der Waals surface area contributed by atoms with Gasteiger partial charge in [-0.3, -0.25) is 9.78 Å². The Morgan fingerprint density at radius 3 is 2.92 bits per heavy atom. The third-order valence-corrected chi connectivity index (χ3v) is 5.20. The number of nitrogens with zero attached hydrogens (tertiary/aromatic N) is 2. The van der Waals surface area contributed by atoms with E-state index in [4.69, 9.17) is 0 Å². The predicted molar refractivity (Wildman–Crippen MR) is 101 cm³/mol. The van der Waals surface area contributed by atoms with E-state index in [2.05, 4.69) is 4.98 Å². The van der Waals surface area contributed by atoms with Crippen molar-refractivity contribution in [2.24, 2.45) is 5.92 Å². The van der Waals surface area contributed by atoms with Gasteiger partial charge in [0.15, 0.2) is 0 Å². The normalized spacial score (nSPS) is 17.0. The van der Waals surface area contributed by atoms with Crippen LogP contribution in [0.2, 0.25) is 0 Å². The van der Waals surface area contributed by atoms with Gasteiger partial charge in [0.2, 0.25) is 0 Å². The van der Waals surface area contributed by atoms with Crippen molar-refractivity contribution >= 4 is 16.8 Å². The Kier molecular flexibility index (Phi) is 4.41. The van der Waals surface area contributed by atoms with Gasteiger partial charge >= 0.3 is 0 Å². The number of aromatic nitrogens is 1. The molecule has 1 aromatic heterocycles. The maximum atomic E-state index is 13.8. The zero-order valence-corrected chi connectivity index (χ0v) is 14.8. The number of para-hydroxylation sites is 1. The van der Waals surface area contributed by atoms with Crippen molar-refractivity contribution in [3.63, 3.8) is 0 Å². The minimum Gasteiger partial charge on any atom is -0.338 e. The second-order valence-electron chi connectivity index (χ2n) is 7.07. The number of rotatable bonds is 3. The first-order valence-electron chi connectivity index (χ1n) is 9.00. The van der Waals surface area contributed by atoms with Crippen LogP contribution in [0.1, 0.15) is 27.9 Å². The van der Waals surface area contributed by atoms with Gasteiger partial charge in [0.1, 0.15) is 5.82 Å². The Labute approximate surface area is 152 Å². The van der Waals surface area contributed by atoms with Gasteiger partial charge in [-0.25, -0.2) is 4.39 Å². The van der Waals surface area contributed by atoms with Gasteiger partial charge in [-0.2, -0.15) is 0 Å². The number of hydrogen-bond donors (Lipinski definition) is 0. The Hall–Kier alpha value is -2.75. The summed E-state index contributed by atoms with van der Waals surface area (Å²) >= 11 is 0. The van der Waals surface area contributed by atoms with E-state index < -0.39 is 0 Å². The van der Waals surface area contributed by atoms with Gasteiger partial charge in [0, 0.05) is 24.7 Å². The topological polar surface area (TPSA) is 33.2 Å². The van der Waals surface area contributed by atoms with Crippen LogP contribution in [0.15, 0.2) is 54.7 Å². The molecule has 0 bridgehead atoms. The molecular formula is C22H21FN2O. The Morgan fingerprint density at radius 1 is 1.23 bits per heavy atom. The quantitative estimate of drug-likeness (QED) is 0.703. The molecule has 1 saturated heterocycles. The van der Waals surface area contributed by atoms with Crippen LogP contribution < -0.4 is 0 Å². The van der Waals surface area contributed by atoms with Crippen molar-refractivity contribution in [3.05, 3.63) is 77.2 Å². The number of pyridine rings is 1. The molecule has 3 nitrogen and oxygen atoms in total. The van der Waals surface area contributed by atoms with Gasteiger partial charge in [0.05, 0.1) is 11.1 Å². The minimum absolute atomic E-state index is 0.0342. The molecule has 2 aromatic carbocycles. The summed E-state index contributed by atoms with van der Waals surface area (Å²) in [5, 5.41) is 0.976. The number of carbonyl (C=O) groups is 1. The highest BCUT2D eigenvalue weighted by Crippen LogP contribution is 2.25. The summed E-state index contributed by atoms with van der Waals surface area (Å²) in [7, 11) is 0. The molecule has 0 radical (unpaired) electrons. The fourth-order valence-electron chi connectivity index (χ4n) is 3.73. The Bertz CT molecular complexity index is 964. The highest BCUT2D eigenvalue weighted by Gasteiger charge is 2.28. The van der Waals surface area contributed by atoms with E-state index in [1.54, 1.807) is 19.2 Å². The number of benzene rings is 2. The van der Waals surface area contributed by atoms with Crippen molar-refractivity contribution in [1.29, 1.82) is 0 Å². The van der Waals surface area contributed by atoms with Crippen LogP contribution in [0.25, 0.3) is 10.9 Å². The van der Waals surface area contributed by atoms with Gasteiger partial charge < -0.3 is 4.90 Å². The molecule has 2 heterocycles. The van der Waals surface area contributed by atoms with E-state index in [1.165, 1.54) is 0 Å². The number of carbonyl (C=O) groups excluding carboxylic acids is 1. The smallest absolute Gasteiger partial charge is 0.256 e. The number of aryl methyl sites for hydroxylation is 1. The van der Waals surface area contributed by atoms with Crippen LogP contribution in [0, 0.1) is 18.7 Å². The lowest BCUT2D eigenvalue weighted by Crippen LogP contribution is -2.29. The summed E-state index contributed by atoms with van der Waals surface area (Å²) in [6, 6.07) is 15.0. The molecule has 1 amide bonds. The standard InChI is InChI=1S/C22H21FN2O/c1-15-7-8-16(13-20(15)23)12-17-9-11-25(14-17)22(26)19-6-2-4-18-5-3-10-24-21(18)19/h2-8,10,13,17H,9,11-12,14H2,1H3. The van der Waals surface area contributed by atoms with Gasteiger partial charge in [-0.1, -0.05) is 30.3 Å². The molecule has 26 heavy (non-hydrogen) atoms. The average molecular weight is 348 g/mol. The zero-order chi connectivity index (χ0) is 18.1. The van der Waals surface area contributed by atoms with Crippen LogP contribution in [-0.4, -0.2) is 28.9 Å². The largest absolute Gasteiger partial charge is 0.338 e. The van der Waals surface area contributed by atoms with Gasteiger partial charge in [0.25, 0.3) is 5.91 Å². The van der Waals surface area contributed by atoms with Crippen molar-refractivity contribution in [2.45, 2.75) is 19.8 Å². The van der Waals surface area contributed by atoms with Gasteiger partial charge in [-0.15, -0.1) is 0 Å². The fourth-order valence-corrected chi connectivity index (χ4v) is 3.73. The van der Waals surface area contributed by atoms with Gasteiger partial charge in [-0.05, 0) is 55.0 Å². The van der Waals surface area contributed by atoms with E-state index in [0.717, 1.165) is 35.9 Å². The molecule has 132 valence electrons. The predicted octanol–water partition coefficient (Wildman–Crippen LogP) is 4.39. The molecule has 0 saturated carbocycles. The lowest BCUT2D eigenvalue weighted by atomic mass is 9.98. The minimum atomic E-state index is -0.157. The van der Waals surface area contributed by atoms with Crippen LogP contribution >= 0.6 is 0 Å². The highest BCUT2D eigenvalue weighted by atomic mass is 19.1. The van der Waals surface area contributed by atoms with Crippen LogP contribution in [-0.2, 0) is 6.42 Å². The van der Waals surface area contributed by atoms with Crippen LogP contribution in [0.4, 0.5) is 4.39 Å². The molecule has 1 aliphatic rings. The highest BCUT2D eigenvalue weighted by molar-refractivity contribution is 6.05. The number of fused-ring (bicyclic) bond motifs is 1. The first-order valence-corrected chi connectivity index (χ1v) is 9.00. The molecule has 3 aromatic rings. The molecule has 1 fully saturated rings. The molecular weight excluding hydrogens is 327 g/mol. The second-order valence-corrected chi connectivity index (χ2v) is 7.07. The summed E-state index contributed by atoms with van der Waals surface area (Å²) in [6.45, 7) is 3.21. The van der Waals surface area contributed by atoms with Crippen molar-refractivity contribution in [3.8, 4) is 0 Å². The van der Waals surface area contributed by atoms with Crippen molar-refractivity contribution < 1.29 is 9.18 Å². The van der Waals surface area contributed by atoms with E-state index >= 15 is 0 Å². The maximum Gasteiger partial charge on any atom is 0.256 e. The number of likely N-dealkylation sites (tertiary alicyclic amines) is 1. The molecule has 4 heteroatoms. The summed E-state index contributed by atoms with van der Waals surface area (Å²) in [6.07, 6.45) is 3.46. The second kappa shape index (κ2) is 6.87. The first kappa shape index (κ1) is 16.7. The molecule has 0 N–H and O–H groups in total. The summed E-state index contributed by atoms with van der Waals surface area (Å²) in [5.41, 5.74) is 3.08. The van der Waals surface area contributed by atoms with Crippen molar-refractivity contribution in [1.82, 2.24) is 9.88 Å². The van der Waals surface area contributed by atoms with E-state index in [-0.39, 0.29) is 11.7 Å². The van der Waals surface area contributed by atoms with Crippen LogP contribution in [0.3, 0.4) is 0 Å². The molecule has 4 rings (SSSR count). The lowest BCUT2D eigenvalue weighted by Gasteiger charge is -2.17. The summed E-state index contributed by atoms with van der Waals surface area (Å²) in [4.78, 5) is 19.3. The first-order chi connectivity index (χ1) is 12.6. The number of halogens is 1. The number of amides is 1. The van der Waals surface area contributed by atoms with E-state index in [9.17, 15) is 9.18 Å². The van der Waals surface area contributed by atoms with Crippen molar-refractivity contribution in [2.75, 3.05) is 13.1 Å². The van der Waals surface area contributed by atoms with E-state index in [1.807, 2.05) is 47.4 Å². The molecule has 0 spiro atoms. The molecule has 1 aliphatic heterocycles. The third-order valence-electron chi connectivity index (χ3n) is 5.20. The molecule has 0 aliphatic carbocycles. The lowest BCUT2D eigenvalue weighted by molar-refractivity contribution is 0.0789.